The standard InChI is InChI=1S/C9H15N3O2S/c1-6-9(14)11-8(13)5-12(6)4-2-3-7(10)15/h6H,2-5H2,1H3,(H2,10,15)(H,11,13,14). The molecule has 1 fully saturated rings. The van der Waals surface area contributed by atoms with E-state index in [1.807, 2.05) is 4.90 Å². The maximum Gasteiger partial charge on any atom is 0.243 e. The molecule has 1 atom stereocenters. The van der Waals surface area contributed by atoms with Crippen molar-refractivity contribution in [3.63, 3.8) is 0 Å². The minimum Gasteiger partial charge on any atom is -0.393 e. The third-order valence-electron chi connectivity index (χ3n) is 2.40. The number of rotatable bonds is 4. The molecule has 0 aromatic carbocycles. The lowest BCUT2D eigenvalue weighted by atomic mass is 10.2. The molecule has 1 aliphatic rings. The molecular formula is C9H15N3O2S. The molecule has 1 heterocycles. The minimum absolute atomic E-state index is 0.235. The monoisotopic (exact) mass is 229 g/mol. The summed E-state index contributed by atoms with van der Waals surface area (Å²) >= 11 is 4.75. The molecule has 15 heavy (non-hydrogen) atoms. The van der Waals surface area contributed by atoms with Gasteiger partial charge in [0.1, 0.15) is 0 Å². The molecule has 3 N–H and O–H groups in total. The van der Waals surface area contributed by atoms with Gasteiger partial charge in [-0.3, -0.25) is 19.8 Å². The number of amides is 2. The van der Waals surface area contributed by atoms with Crippen molar-refractivity contribution in [2.45, 2.75) is 25.8 Å². The van der Waals surface area contributed by atoms with Gasteiger partial charge in [-0.25, -0.2) is 0 Å². The first-order chi connectivity index (χ1) is 7.00. The Hall–Kier alpha value is -1.01. The number of nitrogens with one attached hydrogen (secondary N) is 1. The number of carbonyl (C=O) groups is 2. The molecule has 5 nitrogen and oxygen atoms in total. The summed E-state index contributed by atoms with van der Waals surface area (Å²) in [5.74, 6) is -0.477. The zero-order valence-electron chi connectivity index (χ0n) is 8.66. The Morgan fingerprint density at radius 3 is 2.93 bits per heavy atom. The summed E-state index contributed by atoms with van der Waals surface area (Å²) in [6.45, 7) is 2.71. The highest BCUT2D eigenvalue weighted by atomic mass is 32.1. The number of hydrogen-bond donors (Lipinski definition) is 2. The van der Waals surface area contributed by atoms with Crippen molar-refractivity contribution in [2.75, 3.05) is 13.1 Å². The van der Waals surface area contributed by atoms with Crippen molar-refractivity contribution < 1.29 is 9.59 Å². The molecule has 0 radical (unpaired) electrons. The van der Waals surface area contributed by atoms with Gasteiger partial charge in [0, 0.05) is 0 Å². The van der Waals surface area contributed by atoms with Gasteiger partial charge in [-0.15, -0.1) is 0 Å². The Morgan fingerprint density at radius 2 is 2.33 bits per heavy atom. The van der Waals surface area contributed by atoms with E-state index < -0.39 is 0 Å². The fourth-order valence-electron chi connectivity index (χ4n) is 1.50. The van der Waals surface area contributed by atoms with E-state index in [2.05, 4.69) is 5.32 Å². The quantitative estimate of drug-likeness (QED) is 0.497. The van der Waals surface area contributed by atoms with Crippen LogP contribution >= 0.6 is 12.2 Å². The molecule has 1 rings (SSSR count). The summed E-state index contributed by atoms with van der Waals surface area (Å²) in [4.78, 5) is 24.7. The summed E-state index contributed by atoms with van der Waals surface area (Å²) in [6, 6.07) is -0.256. The number of thiocarbonyl (C=S) groups is 1. The van der Waals surface area contributed by atoms with E-state index in [0.717, 1.165) is 6.42 Å². The molecule has 0 bridgehead atoms. The van der Waals surface area contributed by atoms with E-state index in [-0.39, 0.29) is 24.4 Å². The SMILES string of the molecule is CC1C(=O)NC(=O)CN1CCCC(N)=S. The summed E-state index contributed by atoms with van der Waals surface area (Å²) in [5, 5.41) is 2.29. The number of piperazine rings is 1. The maximum atomic E-state index is 11.3. The van der Waals surface area contributed by atoms with Crippen molar-refractivity contribution in [2.24, 2.45) is 5.73 Å². The van der Waals surface area contributed by atoms with Crippen molar-refractivity contribution in [1.29, 1.82) is 0 Å². The van der Waals surface area contributed by atoms with Gasteiger partial charge >= 0.3 is 0 Å². The zero-order valence-corrected chi connectivity index (χ0v) is 9.47. The van der Waals surface area contributed by atoms with Crippen LogP contribution in [0.15, 0.2) is 0 Å². The second kappa shape index (κ2) is 5.18. The molecule has 1 unspecified atom stereocenters. The summed E-state index contributed by atoms with van der Waals surface area (Å²) in [7, 11) is 0. The van der Waals surface area contributed by atoms with Gasteiger partial charge in [0.2, 0.25) is 11.8 Å². The molecule has 0 spiro atoms. The van der Waals surface area contributed by atoms with Crippen LogP contribution in [0.3, 0.4) is 0 Å². The number of nitrogens with zero attached hydrogens (tertiary/aromatic N) is 1. The first kappa shape index (κ1) is 12.1. The van der Waals surface area contributed by atoms with E-state index >= 15 is 0 Å². The molecule has 0 aliphatic carbocycles. The Morgan fingerprint density at radius 1 is 1.67 bits per heavy atom. The largest absolute Gasteiger partial charge is 0.393 e. The second-order valence-electron chi connectivity index (χ2n) is 3.63. The molecule has 1 saturated heterocycles. The minimum atomic E-state index is -0.256. The molecule has 2 amide bonds. The summed E-state index contributed by atoms with van der Waals surface area (Å²) < 4.78 is 0. The number of carbonyl (C=O) groups excluding carboxylic acids is 2. The van der Waals surface area contributed by atoms with Crippen molar-refractivity contribution >= 4 is 29.0 Å². The Bertz CT molecular complexity index is 293. The Balaban J connectivity index is 2.42. The van der Waals surface area contributed by atoms with Crippen molar-refractivity contribution in [3.8, 4) is 0 Å². The molecular weight excluding hydrogens is 214 g/mol. The predicted octanol–water partition coefficient (Wildman–Crippen LogP) is -0.600. The lowest BCUT2D eigenvalue weighted by Gasteiger charge is -2.31. The van der Waals surface area contributed by atoms with Gasteiger partial charge in [-0.2, -0.15) is 0 Å². The number of hydrogen-bond acceptors (Lipinski definition) is 4. The van der Waals surface area contributed by atoms with Gasteiger partial charge in [-0.1, -0.05) is 12.2 Å². The Labute approximate surface area is 94.0 Å². The van der Waals surface area contributed by atoms with E-state index in [1.54, 1.807) is 6.92 Å². The first-order valence-corrected chi connectivity index (χ1v) is 5.27. The molecule has 0 aromatic rings. The average molecular weight is 229 g/mol. The van der Waals surface area contributed by atoms with Gasteiger partial charge < -0.3 is 5.73 Å². The molecule has 0 aromatic heterocycles. The van der Waals surface area contributed by atoms with Crippen LogP contribution in [-0.4, -0.2) is 40.8 Å². The molecule has 6 heteroatoms. The number of nitrogens with two attached hydrogens (primary N) is 1. The third-order valence-corrected chi connectivity index (χ3v) is 2.61. The smallest absolute Gasteiger partial charge is 0.243 e. The highest BCUT2D eigenvalue weighted by Gasteiger charge is 2.29. The highest BCUT2D eigenvalue weighted by Crippen LogP contribution is 2.06. The van der Waals surface area contributed by atoms with Gasteiger partial charge in [0.25, 0.3) is 0 Å². The lowest BCUT2D eigenvalue weighted by Crippen LogP contribution is -2.56. The second-order valence-corrected chi connectivity index (χ2v) is 4.15. The van der Waals surface area contributed by atoms with Crippen LogP contribution in [0.2, 0.25) is 0 Å². The molecule has 0 saturated carbocycles. The van der Waals surface area contributed by atoms with Crippen LogP contribution < -0.4 is 11.1 Å². The van der Waals surface area contributed by atoms with Crippen LogP contribution in [0.25, 0.3) is 0 Å². The van der Waals surface area contributed by atoms with Crippen molar-refractivity contribution in [3.05, 3.63) is 0 Å². The highest BCUT2D eigenvalue weighted by molar-refractivity contribution is 7.80. The van der Waals surface area contributed by atoms with Crippen LogP contribution in [0.4, 0.5) is 0 Å². The van der Waals surface area contributed by atoms with E-state index in [9.17, 15) is 9.59 Å². The normalized spacial score (nSPS) is 22.6. The fourth-order valence-corrected chi connectivity index (χ4v) is 1.64. The van der Waals surface area contributed by atoms with Crippen LogP contribution in [0.5, 0.6) is 0 Å². The summed E-state index contributed by atoms with van der Waals surface area (Å²) in [5.41, 5.74) is 5.36. The van der Waals surface area contributed by atoms with E-state index in [1.165, 1.54) is 0 Å². The number of imide groups is 1. The van der Waals surface area contributed by atoms with Crippen LogP contribution in [0, 0.1) is 0 Å². The third kappa shape index (κ3) is 3.56. The van der Waals surface area contributed by atoms with Crippen molar-refractivity contribution in [1.82, 2.24) is 10.2 Å². The summed E-state index contributed by atoms with van der Waals surface area (Å²) in [6.07, 6.45) is 1.43. The van der Waals surface area contributed by atoms with E-state index in [4.69, 9.17) is 18.0 Å². The van der Waals surface area contributed by atoms with Gasteiger partial charge in [0.05, 0.1) is 17.6 Å². The molecule has 1 aliphatic heterocycles. The van der Waals surface area contributed by atoms with Gasteiger partial charge in [-0.05, 0) is 26.3 Å². The predicted molar refractivity (Wildman–Crippen MR) is 60.2 cm³/mol. The van der Waals surface area contributed by atoms with Gasteiger partial charge in [0.15, 0.2) is 0 Å². The fraction of sp³-hybridized carbons (Fsp3) is 0.667. The zero-order chi connectivity index (χ0) is 11.4. The lowest BCUT2D eigenvalue weighted by molar-refractivity contribution is -0.139. The average Bonchev–Trinajstić information content (AvgIpc) is 2.12. The van der Waals surface area contributed by atoms with Crippen LogP contribution in [0.1, 0.15) is 19.8 Å². The maximum absolute atomic E-state index is 11.3. The molecule has 84 valence electrons. The van der Waals surface area contributed by atoms with Crippen LogP contribution in [-0.2, 0) is 9.59 Å². The van der Waals surface area contributed by atoms with E-state index in [0.29, 0.717) is 18.0 Å². The Kier molecular flexibility index (Phi) is 4.16. The topological polar surface area (TPSA) is 75.4 Å². The first-order valence-electron chi connectivity index (χ1n) is 4.86.